The zero-order valence-electron chi connectivity index (χ0n) is 20.8. The van der Waals surface area contributed by atoms with Gasteiger partial charge < -0.3 is 24.6 Å². The van der Waals surface area contributed by atoms with Crippen LogP contribution >= 0.6 is 0 Å². The zero-order valence-corrected chi connectivity index (χ0v) is 20.8. The van der Waals surface area contributed by atoms with Crippen LogP contribution in [-0.4, -0.2) is 81.1 Å². The maximum absolute atomic E-state index is 12.8. The number of nitrogens with zero attached hydrogens (tertiary/aromatic N) is 7. The number of aryl methyl sites for hydroxylation is 1. The topological polar surface area (TPSA) is 110 Å². The van der Waals surface area contributed by atoms with Crippen molar-refractivity contribution in [3.05, 3.63) is 60.0 Å². The highest BCUT2D eigenvalue weighted by atomic mass is 16.5. The highest BCUT2D eigenvalue weighted by Crippen LogP contribution is 2.26. The van der Waals surface area contributed by atoms with E-state index in [0.29, 0.717) is 31.1 Å². The highest BCUT2D eigenvalue weighted by Gasteiger charge is 2.26. The predicted octanol–water partition coefficient (Wildman–Crippen LogP) is 2.49. The summed E-state index contributed by atoms with van der Waals surface area (Å²) < 4.78 is 9.36. The Hall–Kier alpha value is -4.25. The minimum Gasteiger partial charge on any atom is -0.378 e. The van der Waals surface area contributed by atoms with E-state index in [9.17, 15) is 4.79 Å². The van der Waals surface area contributed by atoms with Crippen molar-refractivity contribution in [2.24, 2.45) is 7.05 Å². The molecule has 2 aliphatic heterocycles. The summed E-state index contributed by atoms with van der Waals surface area (Å²) in [6.07, 6.45) is 4.76. The van der Waals surface area contributed by atoms with E-state index in [1.807, 2.05) is 53.6 Å². The summed E-state index contributed by atoms with van der Waals surface area (Å²) in [4.78, 5) is 34.8. The smallest absolute Gasteiger partial charge is 0.257 e. The quantitative estimate of drug-likeness (QED) is 0.427. The van der Waals surface area contributed by atoms with Crippen LogP contribution in [0.5, 0.6) is 0 Å². The minimum atomic E-state index is 0. The first-order chi connectivity index (χ1) is 18.2. The van der Waals surface area contributed by atoms with Gasteiger partial charge in [0.25, 0.3) is 5.91 Å². The van der Waals surface area contributed by atoms with Crippen molar-refractivity contribution < 1.29 is 15.8 Å². The van der Waals surface area contributed by atoms with E-state index in [0.717, 1.165) is 61.1 Å². The second-order valence-corrected chi connectivity index (χ2v) is 8.89. The number of imidazole rings is 1. The highest BCUT2D eigenvalue weighted by molar-refractivity contribution is 5.95. The number of hydrogen-bond donors (Lipinski definition) is 1. The molecule has 6 rings (SSSR count). The first-order valence-corrected chi connectivity index (χ1v) is 12.3. The van der Waals surface area contributed by atoms with Crippen LogP contribution in [0.3, 0.4) is 0 Å². The lowest BCUT2D eigenvalue weighted by molar-refractivity contribution is -0.0980. The molecule has 0 bridgehead atoms. The fraction of sp³-hybridized carbons (Fsp3) is 0.346. The van der Waals surface area contributed by atoms with Crippen molar-refractivity contribution in [1.82, 2.24) is 29.0 Å². The summed E-state index contributed by atoms with van der Waals surface area (Å²) in [6.45, 7) is 6.91. The van der Waals surface area contributed by atoms with Crippen molar-refractivity contribution >= 4 is 30.1 Å². The number of hydrogen-bond acceptors (Lipinski definition) is 8. The summed E-state index contributed by atoms with van der Waals surface area (Å²) in [6, 6.07) is 12.1. The van der Waals surface area contributed by atoms with Gasteiger partial charge in [-0.25, -0.2) is 4.98 Å². The summed E-state index contributed by atoms with van der Waals surface area (Å²) in [5.41, 5.74) is 4.24. The van der Waals surface area contributed by atoms with Gasteiger partial charge in [0.05, 0.1) is 42.9 Å². The molecule has 2 aliphatic rings. The number of nitrogens with one attached hydrogen (secondary N) is 1. The molecule has 0 saturated carbocycles. The Morgan fingerprint density at radius 3 is 2.57 bits per heavy atom. The fourth-order valence-corrected chi connectivity index (χ4v) is 4.51. The van der Waals surface area contributed by atoms with Gasteiger partial charge in [0.15, 0.2) is 0 Å². The van der Waals surface area contributed by atoms with E-state index in [1.165, 1.54) is 0 Å². The lowest BCUT2D eigenvalue weighted by Crippen LogP contribution is -2.42. The third-order valence-electron chi connectivity index (χ3n) is 6.67. The molecule has 37 heavy (non-hydrogen) atoms. The van der Waals surface area contributed by atoms with Crippen molar-refractivity contribution in [1.29, 1.82) is 0 Å². The van der Waals surface area contributed by atoms with Gasteiger partial charge in [-0.3, -0.25) is 13.9 Å². The number of rotatable bonds is 6. The number of likely N-dealkylation sites (tertiary alicyclic amines) is 1. The van der Waals surface area contributed by atoms with Crippen LogP contribution in [0.25, 0.3) is 16.9 Å². The summed E-state index contributed by atoms with van der Waals surface area (Å²) in [5, 5.41) is 7.76. The third-order valence-corrected chi connectivity index (χ3v) is 6.67. The molecule has 1 N–H and O–H groups in total. The molecule has 194 valence electrons. The van der Waals surface area contributed by atoms with Gasteiger partial charge in [-0.15, -0.1) is 0 Å². The van der Waals surface area contributed by atoms with Crippen molar-refractivity contribution in [2.45, 2.75) is 13.0 Å². The molecule has 3 aromatic heterocycles. The Morgan fingerprint density at radius 1 is 1.11 bits per heavy atom. The van der Waals surface area contributed by atoms with Crippen LogP contribution in [0.15, 0.2) is 48.8 Å². The maximum atomic E-state index is 12.8. The standard InChI is InChI=1S/C25H28N8O2.CH2O.H2/c1-30-21(19(15-27-30)24(34)31-8-5-9-31)16-26-22-14-23-28-20(18-6-3-2-4-7-18)17-33(23)25(29-22)32-10-12-35-13-11-32;1-2;/h2-4,6-7,14-15,17,26H,5,8-13,16H2,1H3;1H2;1H. The molecular formula is C26H32N8O3. The Labute approximate surface area is 216 Å². The van der Waals surface area contributed by atoms with E-state index in [4.69, 9.17) is 19.5 Å². The Kier molecular flexibility index (Phi) is 7.13. The van der Waals surface area contributed by atoms with E-state index >= 15 is 0 Å². The van der Waals surface area contributed by atoms with Crippen molar-refractivity contribution in [2.75, 3.05) is 49.6 Å². The summed E-state index contributed by atoms with van der Waals surface area (Å²) >= 11 is 0. The van der Waals surface area contributed by atoms with Crippen molar-refractivity contribution in [3.8, 4) is 11.3 Å². The normalized spacial score (nSPS) is 15.2. The number of benzene rings is 1. The molecule has 0 aliphatic carbocycles. The number of carbonyl (C=O) groups is 2. The van der Waals surface area contributed by atoms with Crippen LogP contribution in [0.1, 0.15) is 23.9 Å². The molecular weight excluding hydrogens is 472 g/mol. The summed E-state index contributed by atoms with van der Waals surface area (Å²) in [7, 11) is 1.86. The average Bonchev–Trinajstić information content (AvgIpc) is 3.51. The molecule has 1 aromatic carbocycles. The lowest BCUT2D eigenvalue weighted by Gasteiger charge is -2.30. The van der Waals surface area contributed by atoms with Crippen LogP contribution < -0.4 is 10.2 Å². The Balaban J connectivity index is 0.00000110. The molecule has 0 radical (unpaired) electrons. The van der Waals surface area contributed by atoms with Crippen LogP contribution in [0.4, 0.5) is 11.8 Å². The van der Waals surface area contributed by atoms with E-state index in [-0.39, 0.29) is 7.33 Å². The maximum Gasteiger partial charge on any atom is 0.257 e. The molecule has 11 nitrogen and oxygen atoms in total. The predicted molar refractivity (Wildman–Crippen MR) is 142 cm³/mol. The zero-order chi connectivity index (χ0) is 25.8. The number of morpholine rings is 1. The number of amides is 1. The average molecular weight is 505 g/mol. The SMILES string of the molecule is C=O.Cn1ncc(C(=O)N2CCC2)c1CNc1cc2nc(-c3ccccc3)cn2c(N2CCOCC2)n1.[HH]. The molecule has 2 saturated heterocycles. The summed E-state index contributed by atoms with van der Waals surface area (Å²) in [5.74, 6) is 1.57. The number of anilines is 2. The first-order valence-electron chi connectivity index (χ1n) is 12.3. The second kappa shape index (κ2) is 10.8. The molecule has 1 amide bonds. The molecule has 4 aromatic rings. The van der Waals surface area contributed by atoms with E-state index in [2.05, 4.69) is 27.4 Å². The third kappa shape index (κ3) is 4.90. The lowest BCUT2D eigenvalue weighted by atomic mass is 10.1. The molecule has 11 heteroatoms. The largest absolute Gasteiger partial charge is 0.378 e. The van der Waals surface area contributed by atoms with Gasteiger partial charge >= 0.3 is 0 Å². The fourth-order valence-electron chi connectivity index (χ4n) is 4.51. The minimum absolute atomic E-state index is 0. The van der Waals surface area contributed by atoms with Crippen LogP contribution in [0.2, 0.25) is 0 Å². The number of carbonyl (C=O) groups excluding carboxylic acids is 2. The second-order valence-electron chi connectivity index (χ2n) is 8.89. The monoisotopic (exact) mass is 504 g/mol. The Bertz CT molecular complexity index is 1380. The first kappa shape index (κ1) is 24.4. The molecule has 0 unspecified atom stereocenters. The van der Waals surface area contributed by atoms with Crippen molar-refractivity contribution in [3.63, 3.8) is 0 Å². The van der Waals surface area contributed by atoms with Gasteiger partial charge in [0.1, 0.15) is 18.3 Å². The van der Waals surface area contributed by atoms with Gasteiger partial charge in [-0.1, -0.05) is 30.3 Å². The van der Waals surface area contributed by atoms with Crippen LogP contribution in [-0.2, 0) is 23.1 Å². The molecule has 0 atom stereocenters. The van der Waals surface area contributed by atoms with Crippen LogP contribution in [0, 0.1) is 0 Å². The molecule has 0 spiro atoms. The number of aromatic nitrogens is 5. The molecule has 2 fully saturated rings. The van der Waals surface area contributed by atoms with Gasteiger partial charge in [-0.2, -0.15) is 10.1 Å². The molecule has 5 heterocycles. The van der Waals surface area contributed by atoms with E-state index < -0.39 is 0 Å². The number of ether oxygens (including phenoxy) is 1. The Morgan fingerprint density at radius 2 is 1.86 bits per heavy atom. The van der Waals surface area contributed by atoms with Gasteiger partial charge in [0.2, 0.25) is 5.95 Å². The number of fused-ring (bicyclic) bond motifs is 1. The van der Waals surface area contributed by atoms with Gasteiger partial charge in [0, 0.05) is 52.5 Å². The van der Waals surface area contributed by atoms with E-state index in [1.54, 1.807) is 10.9 Å². The van der Waals surface area contributed by atoms with Gasteiger partial charge in [-0.05, 0) is 6.42 Å².